The van der Waals surface area contributed by atoms with E-state index in [-0.39, 0.29) is 23.1 Å². The average molecular weight is 528 g/mol. The number of amides is 1. The Hall–Kier alpha value is -2.15. The summed E-state index contributed by atoms with van der Waals surface area (Å²) in [6, 6.07) is 2.33. The lowest BCUT2D eigenvalue weighted by Gasteiger charge is -2.37. The predicted octanol–water partition coefficient (Wildman–Crippen LogP) is 4.50. The van der Waals surface area contributed by atoms with Crippen LogP contribution in [0.25, 0.3) is 6.08 Å². The van der Waals surface area contributed by atoms with Gasteiger partial charge in [-0.2, -0.15) is 5.26 Å². The number of nitrogens with zero attached hydrogens (tertiary/aromatic N) is 5. The number of thioether (sulfide) groups is 1. The maximum atomic E-state index is 13.6. The fourth-order valence-corrected chi connectivity index (χ4v) is 6.93. The lowest BCUT2D eigenvalue weighted by atomic mass is 9.94. The zero-order valence-electron chi connectivity index (χ0n) is 21.7. The number of thiocarbonyl (C=S) groups is 1. The van der Waals surface area contributed by atoms with Crippen molar-refractivity contribution >= 4 is 46.1 Å². The molecule has 1 saturated carbocycles. The minimum atomic E-state index is -0.233. The number of carbonyl (C=O) groups excluding carboxylic acids is 1. The molecule has 1 aromatic heterocycles. The number of hydrogen-bond donors (Lipinski definition) is 0. The Morgan fingerprint density at radius 1 is 1.11 bits per heavy atom. The first-order chi connectivity index (χ1) is 17.4. The molecule has 0 unspecified atom stereocenters. The minimum absolute atomic E-state index is 0.0390. The molecule has 9 heteroatoms. The number of likely N-dealkylation sites (N-methyl/N-ethyl adjacent to an activating group) is 1. The molecular formula is C27H37N5O2S2. The maximum Gasteiger partial charge on any atom is 0.270 e. The highest BCUT2D eigenvalue weighted by Crippen LogP contribution is 2.39. The van der Waals surface area contributed by atoms with Gasteiger partial charge in [-0.05, 0) is 44.4 Å². The molecule has 194 valence electrons. The van der Waals surface area contributed by atoms with E-state index in [0.29, 0.717) is 21.3 Å². The average Bonchev–Trinajstić information content (AvgIpc) is 3.18. The molecule has 7 nitrogen and oxygen atoms in total. The van der Waals surface area contributed by atoms with Crippen LogP contribution in [0.15, 0.2) is 9.70 Å². The highest BCUT2D eigenvalue weighted by atomic mass is 32.2. The molecule has 0 radical (unpaired) electrons. The Morgan fingerprint density at radius 2 is 1.81 bits per heavy atom. The molecule has 2 saturated heterocycles. The molecule has 0 N–H and O–H groups in total. The Labute approximate surface area is 224 Å². The van der Waals surface area contributed by atoms with Crippen molar-refractivity contribution in [2.24, 2.45) is 0 Å². The molecule has 0 aromatic carbocycles. The second kappa shape index (κ2) is 11.9. The number of piperazine rings is 1. The summed E-state index contributed by atoms with van der Waals surface area (Å²) >= 11 is 7.02. The molecule has 2 aliphatic heterocycles. The molecule has 0 spiro atoms. The van der Waals surface area contributed by atoms with Gasteiger partial charge in [0.15, 0.2) is 0 Å². The fraction of sp³-hybridized carbons (Fsp3) is 0.630. The summed E-state index contributed by atoms with van der Waals surface area (Å²) < 4.78 is 2.40. The van der Waals surface area contributed by atoms with Gasteiger partial charge >= 0.3 is 0 Å². The van der Waals surface area contributed by atoms with Gasteiger partial charge in [0.25, 0.3) is 11.5 Å². The van der Waals surface area contributed by atoms with Crippen molar-refractivity contribution in [3.05, 3.63) is 31.9 Å². The number of carbonyl (C=O) groups is 1. The topological polar surface area (TPSA) is 72.6 Å². The third kappa shape index (κ3) is 5.27. The maximum absolute atomic E-state index is 13.6. The summed E-state index contributed by atoms with van der Waals surface area (Å²) in [7, 11) is 0. The van der Waals surface area contributed by atoms with Gasteiger partial charge < -0.3 is 9.80 Å². The lowest BCUT2D eigenvalue weighted by molar-refractivity contribution is -0.124. The van der Waals surface area contributed by atoms with Crippen molar-refractivity contribution in [1.82, 2.24) is 14.4 Å². The molecule has 3 heterocycles. The number of pyridine rings is 1. The Bertz CT molecular complexity index is 1140. The van der Waals surface area contributed by atoms with Crippen molar-refractivity contribution in [3.63, 3.8) is 0 Å². The van der Waals surface area contributed by atoms with Crippen LogP contribution in [-0.2, 0) is 11.3 Å². The zero-order chi connectivity index (χ0) is 25.8. The van der Waals surface area contributed by atoms with Gasteiger partial charge in [-0.25, -0.2) is 0 Å². The number of anilines is 1. The van der Waals surface area contributed by atoms with Crippen molar-refractivity contribution in [2.45, 2.75) is 78.3 Å². The summed E-state index contributed by atoms with van der Waals surface area (Å²) in [5.41, 5.74) is 1.38. The fourth-order valence-electron chi connectivity index (χ4n) is 5.55. The summed E-state index contributed by atoms with van der Waals surface area (Å²) in [4.78, 5) is 34.1. The Balaban J connectivity index is 1.82. The van der Waals surface area contributed by atoms with E-state index in [1.54, 1.807) is 4.57 Å². The number of aromatic nitrogens is 1. The molecule has 3 aliphatic rings. The van der Waals surface area contributed by atoms with Gasteiger partial charge in [-0.1, -0.05) is 63.5 Å². The first-order valence-corrected chi connectivity index (χ1v) is 14.6. The van der Waals surface area contributed by atoms with E-state index < -0.39 is 0 Å². The van der Waals surface area contributed by atoms with E-state index >= 15 is 0 Å². The van der Waals surface area contributed by atoms with Crippen LogP contribution in [0.1, 0.15) is 75.5 Å². The molecule has 4 rings (SSSR count). The summed E-state index contributed by atoms with van der Waals surface area (Å²) in [5.74, 6) is 0.798. The molecule has 3 fully saturated rings. The number of unbranched alkanes of at least 4 members (excludes halogenated alkanes) is 1. The molecule has 36 heavy (non-hydrogen) atoms. The van der Waals surface area contributed by atoms with Crippen LogP contribution in [0.5, 0.6) is 0 Å². The van der Waals surface area contributed by atoms with Gasteiger partial charge in [-0.3, -0.25) is 19.1 Å². The molecule has 1 aromatic rings. The van der Waals surface area contributed by atoms with Crippen molar-refractivity contribution in [2.75, 3.05) is 37.6 Å². The van der Waals surface area contributed by atoms with Gasteiger partial charge in [-0.15, -0.1) is 0 Å². The summed E-state index contributed by atoms with van der Waals surface area (Å²) in [6.45, 7) is 11.1. The number of nitriles is 1. The van der Waals surface area contributed by atoms with Gasteiger partial charge in [0.05, 0.1) is 4.91 Å². The van der Waals surface area contributed by atoms with Crippen LogP contribution >= 0.6 is 24.0 Å². The first-order valence-electron chi connectivity index (χ1n) is 13.3. The standard InChI is InChI=1S/C27H37N5O2S2/c1-4-6-12-31-24(30-15-13-29(5-2)14-16-30)21(19(3)22(18-28)25(31)33)17-23-26(34)32(27(35)36-23)20-10-8-7-9-11-20/h17,20H,4-16H2,1-3H3. The van der Waals surface area contributed by atoms with E-state index in [0.717, 1.165) is 82.6 Å². The summed E-state index contributed by atoms with van der Waals surface area (Å²) in [6.07, 6.45) is 9.15. The molecular weight excluding hydrogens is 490 g/mol. The van der Waals surface area contributed by atoms with E-state index in [4.69, 9.17) is 12.2 Å². The van der Waals surface area contributed by atoms with Crippen LogP contribution in [0.4, 0.5) is 5.82 Å². The third-order valence-electron chi connectivity index (χ3n) is 7.74. The zero-order valence-corrected chi connectivity index (χ0v) is 23.3. The highest BCUT2D eigenvalue weighted by Gasteiger charge is 2.38. The van der Waals surface area contributed by atoms with Gasteiger partial charge in [0, 0.05) is 44.3 Å². The summed E-state index contributed by atoms with van der Waals surface area (Å²) in [5, 5.41) is 9.90. The molecule has 1 aliphatic carbocycles. The van der Waals surface area contributed by atoms with Gasteiger partial charge in [0.2, 0.25) is 0 Å². The van der Waals surface area contributed by atoms with Crippen LogP contribution in [0, 0.1) is 18.3 Å². The lowest BCUT2D eigenvalue weighted by Crippen LogP contribution is -2.48. The van der Waals surface area contributed by atoms with E-state index in [9.17, 15) is 14.9 Å². The van der Waals surface area contributed by atoms with Gasteiger partial charge in [0.1, 0.15) is 21.8 Å². The van der Waals surface area contributed by atoms with Crippen molar-refractivity contribution in [1.29, 1.82) is 5.26 Å². The normalized spacial score (nSPS) is 21.0. The van der Waals surface area contributed by atoms with E-state index in [1.807, 2.05) is 17.9 Å². The Morgan fingerprint density at radius 3 is 2.42 bits per heavy atom. The number of hydrogen-bond acceptors (Lipinski definition) is 7. The highest BCUT2D eigenvalue weighted by molar-refractivity contribution is 8.26. The molecule has 0 bridgehead atoms. The minimum Gasteiger partial charge on any atom is -0.355 e. The third-order valence-corrected chi connectivity index (χ3v) is 9.07. The molecule has 1 amide bonds. The van der Waals surface area contributed by atoms with E-state index in [2.05, 4.69) is 29.7 Å². The van der Waals surface area contributed by atoms with Crippen LogP contribution in [0.2, 0.25) is 0 Å². The molecule has 0 atom stereocenters. The monoisotopic (exact) mass is 527 g/mol. The van der Waals surface area contributed by atoms with Crippen molar-refractivity contribution in [3.8, 4) is 6.07 Å². The SMILES string of the molecule is CCCCn1c(N2CCN(CC)CC2)c(C=C2SC(=S)N(C3CCCCC3)C2=O)c(C)c(C#N)c1=O. The quantitative estimate of drug-likeness (QED) is 0.382. The first kappa shape index (κ1) is 26.9. The predicted molar refractivity (Wildman–Crippen MR) is 151 cm³/mol. The van der Waals surface area contributed by atoms with Crippen LogP contribution in [-0.4, -0.2) is 63.4 Å². The second-order valence-corrected chi connectivity index (χ2v) is 11.6. The largest absolute Gasteiger partial charge is 0.355 e. The number of rotatable bonds is 7. The van der Waals surface area contributed by atoms with E-state index in [1.165, 1.54) is 18.2 Å². The Kier molecular flexibility index (Phi) is 8.91. The second-order valence-electron chi connectivity index (χ2n) is 9.92. The van der Waals surface area contributed by atoms with Crippen molar-refractivity contribution < 1.29 is 4.79 Å². The smallest absolute Gasteiger partial charge is 0.270 e. The van der Waals surface area contributed by atoms with Crippen LogP contribution in [0.3, 0.4) is 0 Å². The van der Waals surface area contributed by atoms with Crippen LogP contribution < -0.4 is 10.5 Å².